The summed E-state index contributed by atoms with van der Waals surface area (Å²) in [6.07, 6.45) is 3.85. The predicted octanol–water partition coefficient (Wildman–Crippen LogP) is 2.79. The Kier molecular flexibility index (Phi) is 4.59. The number of hydrogen-bond donors (Lipinski definition) is 1. The topological polar surface area (TPSA) is 46.3 Å². The molecule has 2 N–H and O–H groups in total. The van der Waals surface area contributed by atoms with Crippen molar-refractivity contribution in [1.82, 2.24) is 4.90 Å². The van der Waals surface area contributed by atoms with Gasteiger partial charge in [0.05, 0.1) is 12.1 Å². The van der Waals surface area contributed by atoms with Crippen LogP contribution in [0.4, 0.5) is 0 Å². The van der Waals surface area contributed by atoms with Crippen molar-refractivity contribution in [2.24, 2.45) is 5.73 Å². The fraction of sp³-hybridized carbons (Fsp3) is 0.562. The first-order valence-electron chi connectivity index (χ1n) is 7.26. The highest BCUT2D eigenvalue weighted by Crippen LogP contribution is 2.34. The van der Waals surface area contributed by atoms with Crippen molar-refractivity contribution in [2.75, 3.05) is 6.54 Å². The largest absolute Gasteiger partial charge is 0.334 e. The van der Waals surface area contributed by atoms with Crippen LogP contribution in [0.25, 0.3) is 0 Å². The minimum absolute atomic E-state index is 0.118. The van der Waals surface area contributed by atoms with E-state index in [1.807, 2.05) is 11.0 Å². The van der Waals surface area contributed by atoms with Gasteiger partial charge in [0, 0.05) is 6.54 Å². The van der Waals surface area contributed by atoms with Crippen LogP contribution >= 0.6 is 0 Å². The van der Waals surface area contributed by atoms with Gasteiger partial charge in [0.15, 0.2) is 0 Å². The first-order valence-corrected chi connectivity index (χ1v) is 7.26. The Morgan fingerprint density at radius 2 is 2.21 bits per heavy atom. The first kappa shape index (κ1) is 14.1. The molecule has 2 rings (SSSR count). The zero-order valence-corrected chi connectivity index (χ0v) is 11.9. The standard InChI is InChI=1S/C16H24N2O/c1-3-7-14(17)16(19)18-11-6-10-15(18)13-9-5-4-8-12(13)2/h4-5,8-9,14-15H,3,6-7,10-11,17H2,1-2H3. The number of carbonyl (C=O) groups is 1. The lowest BCUT2D eigenvalue weighted by Crippen LogP contribution is -2.43. The zero-order chi connectivity index (χ0) is 13.8. The summed E-state index contributed by atoms with van der Waals surface area (Å²) in [6, 6.07) is 8.23. The van der Waals surface area contributed by atoms with Crippen molar-refractivity contribution in [2.45, 2.75) is 51.6 Å². The van der Waals surface area contributed by atoms with Gasteiger partial charge in [-0.2, -0.15) is 0 Å². The molecule has 1 heterocycles. The van der Waals surface area contributed by atoms with Gasteiger partial charge in [-0.25, -0.2) is 0 Å². The number of benzene rings is 1. The SMILES string of the molecule is CCCC(N)C(=O)N1CCCC1c1ccccc1C. The van der Waals surface area contributed by atoms with Crippen LogP contribution in [-0.2, 0) is 4.79 Å². The lowest BCUT2D eigenvalue weighted by Gasteiger charge is -2.28. The second kappa shape index (κ2) is 6.20. The van der Waals surface area contributed by atoms with Crippen molar-refractivity contribution in [3.05, 3.63) is 35.4 Å². The van der Waals surface area contributed by atoms with E-state index >= 15 is 0 Å². The van der Waals surface area contributed by atoms with Crippen molar-refractivity contribution in [3.63, 3.8) is 0 Å². The third-order valence-corrected chi connectivity index (χ3v) is 4.00. The van der Waals surface area contributed by atoms with Crippen LogP contribution in [0, 0.1) is 6.92 Å². The van der Waals surface area contributed by atoms with Gasteiger partial charge >= 0.3 is 0 Å². The molecule has 3 heteroatoms. The second-order valence-corrected chi connectivity index (χ2v) is 5.44. The maximum atomic E-state index is 12.4. The summed E-state index contributed by atoms with van der Waals surface area (Å²) in [4.78, 5) is 14.4. The van der Waals surface area contributed by atoms with Gasteiger partial charge in [-0.15, -0.1) is 0 Å². The summed E-state index contributed by atoms with van der Waals surface area (Å²) < 4.78 is 0. The van der Waals surface area contributed by atoms with E-state index in [4.69, 9.17) is 5.73 Å². The van der Waals surface area contributed by atoms with Crippen molar-refractivity contribution in [1.29, 1.82) is 0 Å². The highest BCUT2D eigenvalue weighted by molar-refractivity contribution is 5.82. The summed E-state index contributed by atoms with van der Waals surface area (Å²) in [5.41, 5.74) is 8.53. The Labute approximate surface area is 115 Å². The fourth-order valence-electron chi connectivity index (χ4n) is 2.96. The van der Waals surface area contributed by atoms with E-state index in [2.05, 4.69) is 32.0 Å². The molecular formula is C16H24N2O. The molecule has 1 aliphatic heterocycles. The van der Waals surface area contributed by atoms with Crippen molar-refractivity contribution >= 4 is 5.91 Å². The van der Waals surface area contributed by atoms with E-state index in [9.17, 15) is 4.79 Å². The molecule has 0 bridgehead atoms. The highest BCUT2D eigenvalue weighted by atomic mass is 16.2. The Morgan fingerprint density at radius 3 is 2.89 bits per heavy atom. The molecule has 2 atom stereocenters. The molecule has 1 aromatic carbocycles. The van der Waals surface area contributed by atoms with E-state index in [1.54, 1.807) is 0 Å². The van der Waals surface area contributed by atoms with Crippen LogP contribution in [0.2, 0.25) is 0 Å². The van der Waals surface area contributed by atoms with Crippen LogP contribution in [0.15, 0.2) is 24.3 Å². The average molecular weight is 260 g/mol. The molecule has 0 saturated carbocycles. The van der Waals surface area contributed by atoms with Gasteiger partial charge < -0.3 is 10.6 Å². The Morgan fingerprint density at radius 1 is 1.47 bits per heavy atom. The number of likely N-dealkylation sites (tertiary alicyclic amines) is 1. The van der Waals surface area contributed by atoms with Crippen molar-refractivity contribution in [3.8, 4) is 0 Å². The summed E-state index contributed by atoms with van der Waals surface area (Å²) >= 11 is 0. The maximum absolute atomic E-state index is 12.4. The van der Waals surface area contributed by atoms with Gasteiger partial charge in [-0.05, 0) is 37.3 Å². The number of rotatable bonds is 4. The summed E-state index contributed by atoms with van der Waals surface area (Å²) in [5.74, 6) is 0.118. The van der Waals surface area contributed by atoms with Crippen molar-refractivity contribution < 1.29 is 4.79 Å². The normalized spacial score (nSPS) is 20.6. The van der Waals surface area contributed by atoms with Gasteiger partial charge in [-0.1, -0.05) is 37.6 Å². The number of amides is 1. The van der Waals surface area contributed by atoms with E-state index in [1.165, 1.54) is 11.1 Å². The Balaban J connectivity index is 2.17. The summed E-state index contributed by atoms with van der Waals surface area (Å²) in [6.45, 7) is 5.02. The molecular weight excluding hydrogens is 236 g/mol. The van der Waals surface area contributed by atoms with Gasteiger partial charge in [-0.3, -0.25) is 4.79 Å². The number of carbonyl (C=O) groups excluding carboxylic acids is 1. The maximum Gasteiger partial charge on any atom is 0.239 e. The second-order valence-electron chi connectivity index (χ2n) is 5.44. The summed E-state index contributed by atoms with van der Waals surface area (Å²) in [7, 11) is 0. The lowest BCUT2D eigenvalue weighted by atomic mass is 9.99. The number of hydrogen-bond acceptors (Lipinski definition) is 2. The molecule has 1 aliphatic rings. The molecule has 1 aromatic rings. The van der Waals surface area contributed by atoms with Crippen LogP contribution < -0.4 is 5.73 Å². The third kappa shape index (κ3) is 2.98. The van der Waals surface area contributed by atoms with Crippen LogP contribution in [0.3, 0.4) is 0 Å². The van der Waals surface area contributed by atoms with E-state index in [-0.39, 0.29) is 18.0 Å². The fourth-order valence-corrected chi connectivity index (χ4v) is 2.96. The van der Waals surface area contributed by atoms with Gasteiger partial charge in [0.25, 0.3) is 0 Å². The molecule has 0 radical (unpaired) electrons. The quantitative estimate of drug-likeness (QED) is 0.905. The minimum atomic E-state index is -0.338. The highest BCUT2D eigenvalue weighted by Gasteiger charge is 2.32. The van der Waals surface area contributed by atoms with Crippen LogP contribution in [-0.4, -0.2) is 23.4 Å². The molecule has 3 nitrogen and oxygen atoms in total. The minimum Gasteiger partial charge on any atom is -0.334 e. The Bertz CT molecular complexity index is 444. The summed E-state index contributed by atoms with van der Waals surface area (Å²) in [5, 5.41) is 0. The van der Waals surface area contributed by atoms with E-state index < -0.39 is 0 Å². The van der Waals surface area contributed by atoms with E-state index in [0.29, 0.717) is 0 Å². The van der Waals surface area contributed by atoms with Crippen LogP contribution in [0.1, 0.15) is 49.8 Å². The van der Waals surface area contributed by atoms with E-state index in [0.717, 1.165) is 32.2 Å². The Hall–Kier alpha value is -1.35. The molecule has 0 spiro atoms. The zero-order valence-electron chi connectivity index (χ0n) is 11.9. The molecule has 1 saturated heterocycles. The van der Waals surface area contributed by atoms with Gasteiger partial charge in [0.1, 0.15) is 0 Å². The molecule has 104 valence electrons. The monoisotopic (exact) mass is 260 g/mol. The smallest absolute Gasteiger partial charge is 0.239 e. The molecule has 1 amide bonds. The lowest BCUT2D eigenvalue weighted by molar-refractivity contribution is -0.133. The first-order chi connectivity index (χ1) is 9.15. The molecule has 0 aliphatic carbocycles. The molecule has 0 aromatic heterocycles. The number of nitrogens with zero attached hydrogens (tertiary/aromatic N) is 1. The molecule has 19 heavy (non-hydrogen) atoms. The van der Waals surface area contributed by atoms with Gasteiger partial charge in [0.2, 0.25) is 5.91 Å². The molecule has 1 fully saturated rings. The average Bonchev–Trinajstić information content (AvgIpc) is 2.87. The third-order valence-electron chi connectivity index (χ3n) is 4.00. The number of aryl methyl sites for hydroxylation is 1. The predicted molar refractivity (Wildman–Crippen MR) is 77.8 cm³/mol. The molecule has 2 unspecified atom stereocenters. The number of nitrogens with two attached hydrogens (primary N) is 1. The van der Waals surface area contributed by atoms with Crippen LogP contribution in [0.5, 0.6) is 0 Å².